The average Bonchev–Trinajstić information content (AvgIpc) is 2.89. The third-order valence-electron chi connectivity index (χ3n) is 5.06. The predicted molar refractivity (Wildman–Crippen MR) is 57.1 cm³/mol. The molecule has 1 N–H and O–H groups in total. The first-order chi connectivity index (χ1) is 7.22. The topological polar surface area (TPSA) is 37.3 Å². The van der Waals surface area contributed by atoms with Crippen molar-refractivity contribution in [3.63, 3.8) is 0 Å². The van der Waals surface area contributed by atoms with Crippen LogP contribution in [0.5, 0.6) is 0 Å². The summed E-state index contributed by atoms with van der Waals surface area (Å²) in [6.45, 7) is 3.53. The summed E-state index contributed by atoms with van der Waals surface area (Å²) in [6.07, 6.45) is 5.83. The van der Waals surface area contributed by atoms with Crippen molar-refractivity contribution in [1.82, 2.24) is 0 Å². The van der Waals surface area contributed by atoms with Gasteiger partial charge in [0.1, 0.15) is 0 Å². The molecular formula is C13H18O2. The maximum atomic E-state index is 11.6. The highest BCUT2D eigenvalue weighted by Crippen LogP contribution is 2.60. The van der Waals surface area contributed by atoms with Crippen LogP contribution < -0.4 is 0 Å². The molecule has 0 radical (unpaired) electrons. The number of aliphatic hydroxyl groups is 1. The lowest BCUT2D eigenvalue weighted by Crippen LogP contribution is -2.30. The second kappa shape index (κ2) is 3.18. The molecule has 2 bridgehead atoms. The third-order valence-corrected chi connectivity index (χ3v) is 5.06. The lowest BCUT2D eigenvalue weighted by Gasteiger charge is -2.26. The molecule has 6 atom stereocenters. The van der Waals surface area contributed by atoms with Crippen LogP contribution in [0.3, 0.4) is 0 Å². The Balaban J connectivity index is 1.84. The molecule has 3 saturated carbocycles. The molecule has 3 aliphatic carbocycles. The molecule has 3 aliphatic rings. The number of ketones is 1. The van der Waals surface area contributed by atoms with Gasteiger partial charge in [0.25, 0.3) is 0 Å². The Hall–Kier alpha value is -0.630. The first-order valence-electron chi connectivity index (χ1n) is 6.06. The minimum absolute atomic E-state index is 0.0521. The minimum atomic E-state index is -0.379. The maximum Gasteiger partial charge on any atom is 0.160 e. The smallest absolute Gasteiger partial charge is 0.160 e. The van der Waals surface area contributed by atoms with E-state index < -0.39 is 0 Å². The fourth-order valence-corrected chi connectivity index (χ4v) is 4.47. The first kappa shape index (κ1) is 9.59. The molecule has 15 heavy (non-hydrogen) atoms. The number of carbonyl (C=O) groups is 1. The van der Waals surface area contributed by atoms with E-state index in [1.54, 1.807) is 0 Å². The standard InChI is InChI=1S/C13H18O2/c1-2-11(14)10-6-9-7-3-4-8(5-7)12(9)13(10)15/h2,7-10,12-13,15H,1,3-6H2. The second-order valence-corrected chi connectivity index (χ2v) is 5.51. The van der Waals surface area contributed by atoms with Crippen LogP contribution in [0.4, 0.5) is 0 Å². The van der Waals surface area contributed by atoms with Crippen LogP contribution in [-0.2, 0) is 4.79 Å². The van der Waals surface area contributed by atoms with Gasteiger partial charge >= 0.3 is 0 Å². The molecule has 3 rings (SSSR count). The zero-order valence-electron chi connectivity index (χ0n) is 8.93. The van der Waals surface area contributed by atoms with Gasteiger partial charge in [-0.2, -0.15) is 0 Å². The Morgan fingerprint density at radius 3 is 2.67 bits per heavy atom. The lowest BCUT2D eigenvalue weighted by atomic mass is 9.81. The molecule has 0 spiro atoms. The molecule has 0 aliphatic heterocycles. The monoisotopic (exact) mass is 206 g/mol. The predicted octanol–water partition coefficient (Wildman–Crippen LogP) is 1.78. The van der Waals surface area contributed by atoms with Gasteiger partial charge in [0.15, 0.2) is 5.78 Å². The SMILES string of the molecule is C=CC(=O)C1CC2C3CCC(C3)C2C1O. The molecule has 6 unspecified atom stereocenters. The zero-order valence-corrected chi connectivity index (χ0v) is 8.93. The van der Waals surface area contributed by atoms with Crippen molar-refractivity contribution in [3.05, 3.63) is 12.7 Å². The summed E-state index contributed by atoms with van der Waals surface area (Å²) >= 11 is 0. The highest BCUT2D eigenvalue weighted by Gasteiger charge is 2.57. The van der Waals surface area contributed by atoms with Gasteiger partial charge in [0, 0.05) is 5.92 Å². The first-order valence-corrected chi connectivity index (χ1v) is 6.06. The number of fused-ring (bicyclic) bond motifs is 5. The maximum absolute atomic E-state index is 11.6. The van der Waals surface area contributed by atoms with Crippen molar-refractivity contribution in [1.29, 1.82) is 0 Å². The molecule has 0 aromatic carbocycles. The van der Waals surface area contributed by atoms with E-state index >= 15 is 0 Å². The number of allylic oxidation sites excluding steroid dienone is 1. The normalized spacial score (nSPS) is 51.8. The number of carbonyl (C=O) groups excluding carboxylic acids is 1. The van der Waals surface area contributed by atoms with Gasteiger partial charge in [-0.3, -0.25) is 4.79 Å². The Morgan fingerprint density at radius 1 is 1.27 bits per heavy atom. The van der Waals surface area contributed by atoms with Crippen LogP contribution in [0, 0.1) is 29.6 Å². The molecular weight excluding hydrogens is 188 g/mol. The van der Waals surface area contributed by atoms with Gasteiger partial charge in [-0.25, -0.2) is 0 Å². The van der Waals surface area contributed by atoms with Crippen LogP contribution in [0.25, 0.3) is 0 Å². The van der Waals surface area contributed by atoms with Crippen molar-refractivity contribution in [3.8, 4) is 0 Å². The molecule has 3 fully saturated rings. The Labute approximate surface area is 90.4 Å². The quantitative estimate of drug-likeness (QED) is 0.699. The van der Waals surface area contributed by atoms with E-state index in [0.29, 0.717) is 17.8 Å². The van der Waals surface area contributed by atoms with Gasteiger partial charge in [-0.05, 0) is 55.4 Å². The van der Waals surface area contributed by atoms with E-state index in [-0.39, 0.29) is 17.8 Å². The van der Waals surface area contributed by atoms with Crippen LogP contribution in [0.15, 0.2) is 12.7 Å². The number of hydrogen-bond donors (Lipinski definition) is 1. The van der Waals surface area contributed by atoms with E-state index in [4.69, 9.17) is 0 Å². The summed E-state index contributed by atoms with van der Waals surface area (Å²) in [5.41, 5.74) is 0. The molecule has 0 saturated heterocycles. The summed E-state index contributed by atoms with van der Waals surface area (Å²) in [6, 6.07) is 0. The molecule has 2 heteroatoms. The minimum Gasteiger partial charge on any atom is -0.392 e. The Morgan fingerprint density at radius 2 is 2.00 bits per heavy atom. The highest BCUT2D eigenvalue weighted by atomic mass is 16.3. The fraction of sp³-hybridized carbons (Fsp3) is 0.769. The van der Waals surface area contributed by atoms with Crippen LogP contribution in [-0.4, -0.2) is 17.0 Å². The van der Waals surface area contributed by atoms with Crippen molar-refractivity contribution >= 4 is 5.78 Å². The molecule has 0 aromatic rings. The van der Waals surface area contributed by atoms with E-state index in [2.05, 4.69) is 6.58 Å². The van der Waals surface area contributed by atoms with Crippen LogP contribution in [0.1, 0.15) is 25.7 Å². The van der Waals surface area contributed by atoms with Crippen molar-refractivity contribution in [2.24, 2.45) is 29.6 Å². The number of hydrogen-bond acceptors (Lipinski definition) is 2. The highest BCUT2D eigenvalue weighted by molar-refractivity contribution is 5.92. The van der Waals surface area contributed by atoms with Crippen molar-refractivity contribution in [2.75, 3.05) is 0 Å². The van der Waals surface area contributed by atoms with Crippen molar-refractivity contribution in [2.45, 2.75) is 31.8 Å². The Bertz CT molecular complexity index is 310. The van der Waals surface area contributed by atoms with Gasteiger partial charge in [0.2, 0.25) is 0 Å². The van der Waals surface area contributed by atoms with E-state index in [1.165, 1.54) is 25.3 Å². The number of rotatable bonds is 2. The summed E-state index contributed by atoms with van der Waals surface area (Å²) in [7, 11) is 0. The molecule has 2 nitrogen and oxygen atoms in total. The largest absolute Gasteiger partial charge is 0.392 e. The summed E-state index contributed by atoms with van der Waals surface area (Å²) in [4.78, 5) is 11.6. The van der Waals surface area contributed by atoms with Gasteiger partial charge < -0.3 is 5.11 Å². The molecule has 0 aromatic heterocycles. The summed E-state index contributed by atoms with van der Waals surface area (Å²) in [5.74, 6) is 2.48. The lowest BCUT2D eigenvalue weighted by molar-refractivity contribution is -0.121. The third kappa shape index (κ3) is 1.17. The Kier molecular flexibility index (Phi) is 2.03. The van der Waals surface area contributed by atoms with E-state index in [1.807, 2.05) is 0 Å². The molecule has 0 heterocycles. The van der Waals surface area contributed by atoms with Gasteiger partial charge in [-0.1, -0.05) is 6.58 Å². The summed E-state index contributed by atoms with van der Waals surface area (Å²) in [5, 5.41) is 10.2. The van der Waals surface area contributed by atoms with E-state index in [9.17, 15) is 9.90 Å². The molecule has 82 valence electrons. The zero-order chi connectivity index (χ0) is 10.6. The van der Waals surface area contributed by atoms with Crippen LogP contribution in [0.2, 0.25) is 0 Å². The number of aliphatic hydroxyl groups excluding tert-OH is 1. The van der Waals surface area contributed by atoms with Crippen molar-refractivity contribution < 1.29 is 9.90 Å². The fourth-order valence-electron chi connectivity index (χ4n) is 4.47. The molecule has 0 amide bonds. The van der Waals surface area contributed by atoms with Crippen LogP contribution >= 0.6 is 0 Å². The average molecular weight is 206 g/mol. The van der Waals surface area contributed by atoms with Gasteiger partial charge in [-0.15, -0.1) is 0 Å². The second-order valence-electron chi connectivity index (χ2n) is 5.51. The van der Waals surface area contributed by atoms with E-state index in [0.717, 1.165) is 12.3 Å². The summed E-state index contributed by atoms with van der Waals surface area (Å²) < 4.78 is 0. The van der Waals surface area contributed by atoms with Gasteiger partial charge in [0.05, 0.1) is 6.10 Å².